The third kappa shape index (κ3) is 11.0. The number of aromatic amines is 1. The number of nitrogens with two attached hydrogens (primary N) is 4. The summed E-state index contributed by atoms with van der Waals surface area (Å²) in [6, 6.07) is -5.01. The van der Waals surface area contributed by atoms with Crippen LogP contribution in [0.1, 0.15) is 25.0 Å². The van der Waals surface area contributed by atoms with Gasteiger partial charge in [0.15, 0.2) is 5.96 Å². The van der Waals surface area contributed by atoms with Crippen LogP contribution < -0.4 is 38.9 Å². The number of hydrogen-bond acceptors (Lipinski definition) is 9. The number of carboxylic acid groups (broad SMARTS) is 1. The van der Waals surface area contributed by atoms with Gasteiger partial charge >= 0.3 is 5.97 Å². The average Bonchev–Trinajstić information content (AvgIpc) is 3.31. The maximum atomic E-state index is 13.0. The number of guanidine groups is 1. The molecule has 4 unspecified atom stereocenters. The molecule has 200 valence electrons. The first-order valence-corrected chi connectivity index (χ1v) is 11.4. The molecule has 0 spiro atoms. The summed E-state index contributed by atoms with van der Waals surface area (Å²) < 4.78 is 0. The first kappa shape index (κ1) is 30.2. The normalized spacial score (nSPS) is 13.9. The van der Waals surface area contributed by atoms with E-state index < -0.39 is 60.2 Å². The molecule has 0 aliphatic rings. The number of nitrogens with zero attached hydrogens (tertiary/aromatic N) is 2. The number of carbonyl (C=O) groups excluding carboxylic acids is 4. The predicted molar refractivity (Wildman–Crippen MR) is 131 cm³/mol. The lowest BCUT2D eigenvalue weighted by Gasteiger charge is -2.24. The highest BCUT2D eigenvalue weighted by molar-refractivity contribution is 7.80. The number of aromatic nitrogens is 2. The Morgan fingerprint density at radius 2 is 1.64 bits per heavy atom. The van der Waals surface area contributed by atoms with E-state index in [0.29, 0.717) is 12.1 Å². The Hall–Kier alpha value is -3.86. The summed E-state index contributed by atoms with van der Waals surface area (Å²) >= 11 is 4.03. The summed E-state index contributed by atoms with van der Waals surface area (Å²) in [6.07, 6.45) is 2.83. The smallest absolute Gasteiger partial charge is 0.326 e. The number of aliphatic carboxylic acids is 1. The number of nitrogens with one attached hydrogen (secondary N) is 4. The first-order valence-electron chi connectivity index (χ1n) is 10.8. The lowest BCUT2D eigenvalue weighted by molar-refractivity contribution is -0.143. The van der Waals surface area contributed by atoms with Crippen LogP contribution in [0.15, 0.2) is 17.5 Å². The molecule has 1 rings (SSSR count). The quantitative estimate of drug-likeness (QED) is 0.0426. The number of carboxylic acids is 1. The SMILES string of the molecule is NC(=O)CC(NC(=O)C(CS)NC(=O)C(Cc1cnc[nH]1)NC(=O)C(N)CCCN=C(N)N)C(=O)O. The van der Waals surface area contributed by atoms with Crippen LogP contribution in [-0.2, 0) is 30.4 Å². The van der Waals surface area contributed by atoms with Gasteiger partial charge in [0.25, 0.3) is 0 Å². The fourth-order valence-electron chi connectivity index (χ4n) is 2.89. The monoisotopic (exact) mass is 528 g/mol. The third-order valence-corrected chi connectivity index (χ3v) is 5.12. The summed E-state index contributed by atoms with van der Waals surface area (Å²) in [5, 5.41) is 16.3. The molecule has 16 nitrogen and oxygen atoms in total. The van der Waals surface area contributed by atoms with E-state index >= 15 is 0 Å². The number of aliphatic imine (C=N–C) groups is 1. The van der Waals surface area contributed by atoms with E-state index in [0.717, 1.165) is 0 Å². The fourth-order valence-corrected chi connectivity index (χ4v) is 3.15. The Kier molecular flexibility index (Phi) is 12.7. The lowest BCUT2D eigenvalue weighted by atomic mass is 10.1. The second-order valence-electron chi connectivity index (χ2n) is 7.71. The Balaban J connectivity index is 2.88. The number of hydrogen-bond donors (Lipinski definition) is 10. The Labute approximate surface area is 211 Å². The van der Waals surface area contributed by atoms with Gasteiger partial charge < -0.3 is 49.0 Å². The van der Waals surface area contributed by atoms with Crippen LogP contribution in [0.2, 0.25) is 0 Å². The van der Waals surface area contributed by atoms with Crippen LogP contribution in [0, 0.1) is 0 Å². The molecule has 0 aromatic carbocycles. The molecule has 4 atom stereocenters. The summed E-state index contributed by atoms with van der Waals surface area (Å²) in [5.74, 6) is -5.02. The van der Waals surface area contributed by atoms with E-state index in [1.807, 2.05) is 0 Å². The van der Waals surface area contributed by atoms with Crippen molar-refractivity contribution in [1.29, 1.82) is 0 Å². The van der Waals surface area contributed by atoms with Crippen molar-refractivity contribution < 1.29 is 29.1 Å². The minimum Gasteiger partial charge on any atom is -0.480 e. The molecule has 13 N–H and O–H groups in total. The van der Waals surface area contributed by atoms with Crippen molar-refractivity contribution in [2.45, 2.75) is 49.9 Å². The first-order chi connectivity index (χ1) is 16.9. The van der Waals surface area contributed by atoms with Crippen molar-refractivity contribution in [3.05, 3.63) is 18.2 Å². The van der Waals surface area contributed by atoms with Crippen LogP contribution >= 0.6 is 12.6 Å². The van der Waals surface area contributed by atoms with E-state index in [1.54, 1.807) is 0 Å². The molecule has 0 saturated heterocycles. The molecule has 36 heavy (non-hydrogen) atoms. The molecular weight excluding hydrogens is 496 g/mol. The highest BCUT2D eigenvalue weighted by Crippen LogP contribution is 2.03. The number of carbonyl (C=O) groups is 5. The largest absolute Gasteiger partial charge is 0.480 e. The Morgan fingerprint density at radius 1 is 1.03 bits per heavy atom. The van der Waals surface area contributed by atoms with Crippen LogP contribution in [0.3, 0.4) is 0 Å². The maximum absolute atomic E-state index is 13.0. The molecule has 0 saturated carbocycles. The summed E-state index contributed by atoms with van der Waals surface area (Å²) in [5.41, 5.74) is 21.9. The maximum Gasteiger partial charge on any atom is 0.326 e. The molecule has 0 bridgehead atoms. The zero-order chi connectivity index (χ0) is 27.3. The van der Waals surface area contributed by atoms with Crippen molar-refractivity contribution >= 4 is 48.2 Å². The van der Waals surface area contributed by atoms with Crippen molar-refractivity contribution in [1.82, 2.24) is 25.9 Å². The zero-order valence-electron chi connectivity index (χ0n) is 19.3. The predicted octanol–water partition coefficient (Wildman–Crippen LogP) is -4.32. The summed E-state index contributed by atoms with van der Waals surface area (Å²) in [7, 11) is 0. The van der Waals surface area contributed by atoms with Crippen LogP contribution in [0.25, 0.3) is 0 Å². The third-order valence-electron chi connectivity index (χ3n) is 4.75. The molecule has 4 amide bonds. The lowest BCUT2D eigenvalue weighted by Crippen LogP contribution is -2.58. The van der Waals surface area contributed by atoms with Gasteiger partial charge in [0.2, 0.25) is 23.6 Å². The number of rotatable bonds is 16. The molecule has 0 aliphatic heterocycles. The molecule has 0 aliphatic carbocycles. The van der Waals surface area contributed by atoms with Crippen molar-refractivity contribution in [3.8, 4) is 0 Å². The van der Waals surface area contributed by atoms with Gasteiger partial charge in [0.05, 0.1) is 18.8 Å². The number of imidazole rings is 1. The van der Waals surface area contributed by atoms with E-state index in [1.165, 1.54) is 12.5 Å². The van der Waals surface area contributed by atoms with Gasteiger partial charge in [0.1, 0.15) is 18.1 Å². The van der Waals surface area contributed by atoms with Crippen LogP contribution in [-0.4, -0.2) is 87.1 Å². The van der Waals surface area contributed by atoms with Crippen molar-refractivity contribution in [2.24, 2.45) is 27.9 Å². The number of H-pyrrole nitrogens is 1. The second kappa shape index (κ2) is 15.2. The Bertz CT molecular complexity index is 937. The molecule has 1 aromatic heterocycles. The number of thiol groups is 1. The minimum atomic E-state index is -1.59. The zero-order valence-corrected chi connectivity index (χ0v) is 20.2. The topological polar surface area (TPSA) is 287 Å². The highest BCUT2D eigenvalue weighted by atomic mass is 32.1. The van der Waals surface area contributed by atoms with Gasteiger partial charge in [-0.3, -0.25) is 24.2 Å². The highest BCUT2D eigenvalue weighted by Gasteiger charge is 2.30. The minimum absolute atomic E-state index is 0.0152. The van der Waals surface area contributed by atoms with Gasteiger partial charge in [-0.25, -0.2) is 9.78 Å². The number of amides is 4. The van der Waals surface area contributed by atoms with Gasteiger partial charge in [-0.15, -0.1) is 0 Å². The van der Waals surface area contributed by atoms with Gasteiger partial charge in [-0.05, 0) is 12.8 Å². The Morgan fingerprint density at radius 3 is 2.17 bits per heavy atom. The second-order valence-corrected chi connectivity index (χ2v) is 8.08. The molecule has 1 heterocycles. The molecule has 0 fully saturated rings. The molecule has 0 radical (unpaired) electrons. The van der Waals surface area contributed by atoms with Gasteiger partial charge in [-0.2, -0.15) is 12.6 Å². The fraction of sp³-hybridized carbons (Fsp3) is 0.526. The van der Waals surface area contributed by atoms with E-state index in [-0.39, 0.29) is 31.1 Å². The van der Waals surface area contributed by atoms with E-state index in [2.05, 4.69) is 43.5 Å². The standard InChI is InChI=1S/C19H32N10O6S/c20-10(2-1-3-25-19(22)23)15(31)27-11(4-9-6-24-8-26-9)16(32)29-13(7-36)17(33)28-12(18(34)35)5-14(21)30/h6,8,10-13,36H,1-5,7,20H2,(H2,21,30)(H,24,26)(H,27,31)(H,28,33)(H,29,32)(H,34,35)(H4,22,23,25). The molecule has 17 heteroatoms. The van der Waals surface area contributed by atoms with Gasteiger partial charge in [-0.1, -0.05) is 0 Å². The van der Waals surface area contributed by atoms with Crippen LogP contribution in [0.5, 0.6) is 0 Å². The molecule has 1 aromatic rings. The van der Waals surface area contributed by atoms with E-state index in [9.17, 15) is 29.1 Å². The summed E-state index contributed by atoms with van der Waals surface area (Å²) in [6.45, 7) is 0.271. The van der Waals surface area contributed by atoms with Crippen LogP contribution in [0.4, 0.5) is 0 Å². The van der Waals surface area contributed by atoms with Crippen molar-refractivity contribution in [3.63, 3.8) is 0 Å². The number of primary amides is 1. The van der Waals surface area contributed by atoms with Crippen molar-refractivity contribution in [2.75, 3.05) is 12.3 Å². The van der Waals surface area contributed by atoms with E-state index in [4.69, 9.17) is 22.9 Å². The molecular formula is C19H32N10O6S. The van der Waals surface area contributed by atoms with Gasteiger partial charge in [0, 0.05) is 30.6 Å². The summed E-state index contributed by atoms with van der Waals surface area (Å²) in [4.78, 5) is 70.9. The average molecular weight is 529 g/mol.